The predicted molar refractivity (Wildman–Crippen MR) is 96.3 cm³/mol. The van der Waals surface area contributed by atoms with Gasteiger partial charge in [-0.25, -0.2) is 9.97 Å². The number of carbonyl (C=O) groups is 1. The molecule has 0 radical (unpaired) electrons. The molecule has 1 aliphatic rings. The average Bonchev–Trinajstić information content (AvgIpc) is 3.16. The fourth-order valence-electron chi connectivity index (χ4n) is 2.93. The van der Waals surface area contributed by atoms with Gasteiger partial charge in [-0.3, -0.25) is 4.79 Å². The quantitative estimate of drug-likeness (QED) is 0.716. The highest BCUT2D eigenvalue weighted by atomic mass is 32.1. The van der Waals surface area contributed by atoms with E-state index >= 15 is 0 Å². The number of nitrogens with zero attached hydrogens (tertiary/aromatic N) is 5. The molecule has 1 aromatic carbocycles. The summed E-state index contributed by atoms with van der Waals surface area (Å²) in [7, 11) is 1.59. The number of ether oxygens (including phenoxy) is 1. The molecule has 0 saturated carbocycles. The topological polar surface area (TPSA) is 71.5 Å². The molecule has 0 N–H and O–H groups in total. The van der Waals surface area contributed by atoms with Crippen molar-refractivity contribution < 1.29 is 9.53 Å². The van der Waals surface area contributed by atoms with E-state index in [1.165, 1.54) is 11.3 Å². The van der Waals surface area contributed by atoms with Crippen LogP contribution in [0.5, 0.6) is 5.88 Å². The van der Waals surface area contributed by atoms with Gasteiger partial charge in [0.15, 0.2) is 0 Å². The molecule has 1 fully saturated rings. The van der Waals surface area contributed by atoms with Crippen molar-refractivity contribution >= 4 is 33.4 Å². The monoisotopic (exact) mass is 355 g/mol. The van der Waals surface area contributed by atoms with Crippen LogP contribution in [0.15, 0.2) is 36.0 Å². The maximum Gasteiger partial charge on any atom is 0.255 e. The number of aromatic nitrogens is 3. The summed E-state index contributed by atoms with van der Waals surface area (Å²) >= 11 is 1.50. The fourth-order valence-corrected chi connectivity index (χ4v) is 3.73. The van der Waals surface area contributed by atoms with Crippen LogP contribution in [0.4, 0.5) is 5.95 Å². The summed E-state index contributed by atoms with van der Waals surface area (Å²) in [5.74, 6) is 1.23. The van der Waals surface area contributed by atoms with Crippen LogP contribution in [-0.2, 0) is 0 Å². The van der Waals surface area contributed by atoms with Crippen molar-refractivity contribution in [2.75, 3.05) is 38.2 Å². The molecule has 4 rings (SSSR count). The number of amides is 1. The number of anilines is 1. The highest BCUT2D eigenvalue weighted by Crippen LogP contribution is 2.24. The molecule has 7 nitrogen and oxygen atoms in total. The maximum absolute atomic E-state index is 12.9. The fraction of sp³-hybridized carbons (Fsp3) is 0.294. The molecule has 1 amide bonds. The second kappa shape index (κ2) is 6.64. The van der Waals surface area contributed by atoms with Crippen LogP contribution in [0, 0.1) is 0 Å². The van der Waals surface area contributed by atoms with E-state index in [0.717, 1.165) is 15.8 Å². The molecule has 8 heteroatoms. The number of hydrogen-bond donors (Lipinski definition) is 0. The van der Waals surface area contributed by atoms with E-state index in [-0.39, 0.29) is 5.91 Å². The molecule has 0 atom stereocenters. The molecule has 0 aliphatic carbocycles. The first kappa shape index (κ1) is 15.8. The molecule has 128 valence electrons. The highest BCUT2D eigenvalue weighted by molar-refractivity contribution is 7.17. The third kappa shape index (κ3) is 3.00. The van der Waals surface area contributed by atoms with Crippen LogP contribution < -0.4 is 9.64 Å². The van der Waals surface area contributed by atoms with Crippen molar-refractivity contribution in [2.45, 2.75) is 0 Å². The van der Waals surface area contributed by atoms with Gasteiger partial charge >= 0.3 is 0 Å². The van der Waals surface area contributed by atoms with Crippen LogP contribution in [-0.4, -0.2) is 59.0 Å². The third-order valence-corrected chi connectivity index (χ3v) is 5.14. The Labute approximate surface area is 148 Å². The zero-order valence-corrected chi connectivity index (χ0v) is 14.6. The van der Waals surface area contributed by atoms with Gasteiger partial charge in [0, 0.05) is 38.4 Å². The molecular formula is C17H17N5O2S. The largest absolute Gasteiger partial charge is 0.481 e. The molecule has 3 aromatic rings. The Balaban J connectivity index is 1.48. The van der Waals surface area contributed by atoms with Crippen molar-refractivity contribution in [3.05, 3.63) is 41.5 Å². The van der Waals surface area contributed by atoms with E-state index in [1.807, 2.05) is 23.1 Å². The minimum Gasteiger partial charge on any atom is -0.481 e. The number of thiazole rings is 1. The van der Waals surface area contributed by atoms with Crippen LogP contribution in [0.1, 0.15) is 10.4 Å². The van der Waals surface area contributed by atoms with E-state index in [4.69, 9.17) is 4.74 Å². The molecule has 25 heavy (non-hydrogen) atoms. The van der Waals surface area contributed by atoms with Gasteiger partial charge in [-0.05, 0) is 12.1 Å². The number of hydrogen-bond acceptors (Lipinski definition) is 7. The van der Waals surface area contributed by atoms with E-state index in [2.05, 4.69) is 19.9 Å². The molecule has 0 unspecified atom stereocenters. The van der Waals surface area contributed by atoms with Gasteiger partial charge in [-0.1, -0.05) is 6.07 Å². The second-order valence-electron chi connectivity index (χ2n) is 5.68. The van der Waals surface area contributed by atoms with Gasteiger partial charge < -0.3 is 14.5 Å². The lowest BCUT2D eigenvalue weighted by Gasteiger charge is -2.34. The summed E-state index contributed by atoms with van der Waals surface area (Å²) in [5.41, 5.74) is 3.38. The molecular weight excluding hydrogens is 338 g/mol. The van der Waals surface area contributed by atoms with Crippen molar-refractivity contribution in [1.82, 2.24) is 19.9 Å². The Kier molecular flexibility index (Phi) is 4.19. The molecule has 1 aliphatic heterocycles. The van der Waals surface area contributed by atoms with Crippen molar-refractivity contribution in [1.29, 1.82) is 0 Å². The molecule has 0 spiro atoms. The SMILES string of the molecule is COc1ccnc(N2CCN(C(=O)c3cccc4ncsc34)CC2)n1. The lowest BCUT2D eigenvalue weighted by molar-refractivity contribution is 0.0748. The predicted octanol–water partition coefficient (Wildman–Crippen LogP) is 2.06. The molecule has 3 heterocycles. The lowest BCUT2D eigenvalue weighted by Crippen LogP contribution is -2.49. The summed E-state index contributed by atoms with van der Waals surface area (Å²) in [4.78, 5) is 29.8. The Morgan fingerprint density at radius 3 is 2.80 bits per heavy atom. The number of rotatable bonds is 3. The smallest absolute Gasteiger partial charge is 0.255 e. The van der Waals surface area contributed by atoms with E-state index < -0.39 is 0 Å². The minimum atomic E-state index is 0.0565. The van der Waals surface area contributed by atoms with E-state index in [0.29, 0.717) is 38.0 Å². The minimum absolute atomic E-state index is 0.0565. The number of fused-ring (bicyclic) bond motifs is 1. The van der Waals surface area contributed by atoms with Crippen LogP contribution in [0.3, 0.4) is 0 Å². The summed E-state index contributed by atoms with van der Waals surface area (Å²) < 4.78 is 6.10. The third-order valence-electron chi connectivity index (χ3n) is 4.26. The van der Waals surface area contributed by atoms with Gasteiger partial charge in [0.2, 0.25) is 11.8 Å². The van der Waals surface area contributed by atoms with Crippen LogP contribution in [0.25, 0.3) is 10.2 Å². The van der Waals surface area contributed by atoms with E-state index in [1.54, 1.807) is 24.9 Å². The second-order valence-corrected chi connectivity index (χ2v) is 6.54. The van der Waals surface area contributed by atoms with Gasteiger partial charge in [0.1, 0.15) is 0 Å². The summed E-state index contributed by atoms with van der Waals surface area (Å²) in [6.07, 6.45) is 1.68. The first-order valence-corrected chi connectivity index (χ1v) is 8.87. The normalized spacial score (nSPS) is 14.8. The van der Waals surface area contributed by atoms with Crippen molar-refractivity contribution in [3.63, 3.8) is 0 Å². The summed E-state index contributed by atoms with van der Waals surface area (Å²) in [5, 5.41) is 0. The lowest BCUT2D eigenvalue weighted by atomic mass is 10.1. The molecule has 1 saturated heterocycles. The van der Waals surface area contributed by atoms with Gasteiger partial charge in [0.25, 0.3) is 5.91 Å². The van der Waals surface area contributed by atoms with Gasteiger partial charge in [-0.15, -0.1) is 11.3 Å². The van der Waals surface area contributed by atoms with E-state index in [9.17, 15) is 4.79 Å². The molecule has 2 aromatic heterocycles. The highest BCUT2D eigenvalue weighted by Gasteiger charge is 2.25. The van der Waals surface area contributed by atoms with Crippen LogP contribution >= 0.6 is 11.3 Å². The summed E-state index contributed by atoms with van der Waals surface area (Å²) in [6.45, 7) is 2.65. The van der Waals surface area contributed by atoms with Crippen molar-refractivity contribution in [2.24, 2.45) is 0 Å². The van der Waals surface area contributed by atoms with Crippen molar-refractivity contribution in [3.8, 4) is 5.88 Å². The average molecular weight is 355 g/mol. The van der Waals surface area contributed by atoms with Crippen LogP contribution in [0.2, 0.25) is 0 Å². The zero-order valence-electron chi connectivity index (χ0n) is 13.8. The standard InChI is InChI=1S/C17H17N5O2S/c1-24-14-5-6-18-17(20-14)22-9-7-21(8-10-22)16(23)12-3-2-4-13-15(12)25-11-19-13/h2-6,11H,7-10H2,1H3. The number of benzene rings is 1. The zero-order chi connectivity index (χ0) is 17.2. The Bertz CT molecular complexity index is 905. The number of methoxy groups -OCH3 is 1. The maximum atomic E-state index is 12.9. The number of carbonyl (C=O) groups excluding carboxylic acids is 1. The Hall–Kier alpha value is -2.74. The Morgan fingerprint density at radius 1 is 1.16 bits per heavy atom. The first-order valence-electron chi connectivity index (χ1n) is 8.00. The van der Waals surface area contributed by atoms with Gasteiger partial charge in [0.05, 0.1) is 28.4 Å². The number of piperazine rings is 1. The summed E-state index contributed by atoms with van der Waals surface area (Å²) in [6, 6.07) is 7.41. The molecule has 0 bridgehead atoms. The Morgan fingerprint density at radius 2 is 2.00 bits per heavy atom. The first-order chi connectivity index (χ1) is 12.3. The van der Waals surface area contributed by atoms with Gasteiger partial charge in [-0.2, -0.15) is 4.98 Å².